The number of nitrogens with two attached hydrogens (primary N) is 2. The van der Waals surface area contributed by atoms with E-state index in [1.807, 2.05) is 0 Å². The Kier molecular flexibility index (Phi) is 4.29. The van der Waals surface area contributed by atoms with E-state index in [4.69, 9.17) is 21.1 Å². The van der Waals surface area contributed by atoms with Crippen LogP contribution in [0.1, 0.15) is 0 Å². The van der Waals surface area contributed by atoms with E-state index in [2.05, 4.69) is 5.32 Å². The molecule has 7 nitrogen and oxygen atoms in total. The number of aliphatic hydroxyl groups is 2. The highest BCUT2D eigenvalue weighted by atomic mass is 32.2. The molecule has 0 unspecified atom stereocenters. The molecule has 7 N–H and O–H groups in total. The first-order chi connectivity index (χ1) is 7.88. The third-order valence-electron chi connectivity index (χ3n) is 2.15. The molecule has 0 fully saturated rings. The fourth-order valence-electron chi connectivity index (χ4n) is 1.21. The van der Waals surface area contributed by atoms with Crippen molar-refractivity contribution in [2.75, 3.05) is 24.3 Å². The summed E-state index contributed by atoms with van der Waals surface area (Å²) >= 11 is 0. The van der Waals surface area contributed by atoms with E-state index in [1.54, 1.807) is 0 Å². The van der Waals surface area contributed by atoms with Crippen molar-refractivity contribution in [1.29, 1.82) is 0 Å². The van der Waals surface area contributed by atoms with E-state index in [-0.39, 0.29) is 18.1 Å². The van der Waals surface area contributed by atoms with Gasteiger partial charge in [0.15, 0.2) is 0 Å². The fourth-order valence-corrected chi connectivity index (χ4v) is 1.75. The van der Waals surface area contributed by atoms with Gasteiger partial charge in [0.25, 0.3) is 0 Å². The van der Waals surface area contributed by atoms with Crippen LogP contribution >= 0.6 is 0 Å². The second kappa shape index (κ2) is 5.32. The van der Waals surface area contributed by atoms with Crippen LogP contribution in [0.25, 0.3) is 0 Å². The van der Waals surface area contributed by atoms with Crippen molar-refractivity contribution in [3.05, 3.63) is 18.2 Å². The Hall–Kier alpha value is -1.35. The molecule has 8 heteroatoms. The summed E-state index contributed by atoms with van der Waals surface area (Å²) in [6.45, 7) is -0.620. The minimum Gasteiger partial charge on any atom is -0.397 e. The number of hydrogen-bond donors (Lipinski definition) is 5. The van der Waals surface area contributed by atoms with Crippen LogP contribution in [-0.4, -0.2) is 37.9 Å². The average Bonchev–Trinajstić information content (AvgIpc) is 2.26. The monoisotopic (exact) mass is 261 g/mol. The van der Waals surface area contributed by atoms with Crippen molar-refractivity contribution < 1.29 is 18.6 Å². The number of nitrogens with one attached hydrogen (secondary N) is 1. The first-order valence-corrected chi connectivity index (χ1v) is 6.33. The molecule has 0 aliphatic carbocycles. The Bertz CT molecular complexity index is 485. The molecule has 0 bridgehead atoms. The Morgan fingerprint density at radius 1 is 1.29 bits per heavy atom. The van der Waals surface area contributed by atoms with Crippen LogP contribution < -0.4 is 16.2 Å². The molecule has 0 heterocycles. The van der Waals surface area contributed by atoms with E-state index in [0.717, 1.165) is 0 Å². The molecule has 0 atom stereocenters. The predicted octanol–water partition coefficient (Wildman–Crippen LogP) is -1.32. The highest BCUT2D eigenvalue weighted by Crippen LogP contribution is 2.22. The van der Waals surface area contributed by atoms with Gasteiger partial charge in [0.2, 0.25) is 10.0 Å². The van der Waals surface area contributed by atoms with Gasteiger partial charge >= 0.3 is 0 Å². The molecule has 17 heavy (non-hydrogen) atoms. The Labute approximate surface area is 99.1 Å². The topological polar surface area (TPSA) is 139 Å². The second-order valence-electron chi connectivity index (χ2n) is 3.50. The molecule has 1 aromatic rings. The van der Waals surface area contributed by atoms with Crippen LogP contribution in [0, 0.1) is 0 Å². The standard InChI is InChI=1S/C9H15N3O4S/c10-8-2-1-7(17(11,15)16)3-9(8)12-6(4-13)5-14/h1-3,6,12-14H,4-5,10H2,(H2,11,15,16). The quantitative estimate of drug-likeness (QED) is 0.417. The summed E-state index contributed by atoms with van der Waals surface area (Å²) < 4.78 is 22.3. The highest BCUT2D eigenvalue weighted by Gasteiger charge is 2.12. The fraction of sp³-hybridized carbons (Fsp3) is 0.333. The number of aliphatic hydroxyl groups excluding tert-OH is 2. The Morgan fingerprint density at radius 2 is 1.88 bits per heavy atom. The normalized spacial score (nSPS) is 11.8. The Balaban J connectivity index is 3.07. The smallest absolute Gasteiger partial charge is 0.238 e. The first kappa shape index (κ1) is 13.7. The summed E-state index contributed by atoms with van der Waals surface area (Å²) in [6.07, 6.45) is 0. The third kappa shape index (κ3) is 3.56. The highest BCUT2D eigenvalue weighted by molar-refractivity contribution is 7.89. The zero-order valence-electron chi connectivity index (χ0n) is 9.00. The molecule has 0 radical (unpaired) electrons. The maximum absolute atomic E-state index is 11.1. The summed E-state index contributed by atoms with van der Waals surface area (Å²) in [7, 11) is -3.81. The van der Waals surface area contributed by atoms with Gasteiger partial charge in [-0.15, -0.1) is 0 Å². The molecule has 0 aliphatic rings. The van der Waals surface area contributed by atoms with Crippen LogP contribution in [0.5, 0.6) is 0 Å². The Morgan fingerprint density at radius 3 is 2.35 bits per heavy atom. The van der Waals surface area contributed by atoms with Gasteiger partial charge in [-0.25, -0.2) is 13.6 Å². The van der Waals surface area contributed by atoms with E-state index in [0.29, 0.717) is 11.4 Å². The largest absolute Gasteiger partial charge is 0.397 e. The number of nitrogen functional groups attached to an aromatic ring is 1. The maximum Gasteiger partial charge on any atom is 0.238 e. The van der Waals surface area contributed by atoms with Crippen LogP contribution in [0.3, 0.4) is 0 Å². The molecule has 0 spiro atoms. The number of primary sulfonamides is 1. The van der Waals surface area contributed by atoms with Crippen LogP contribution in [0.15, 0.2) is 23.1 Å². The van der Waals surface area contributed by atoms with Gasteiger partial charge < -0.3 is 21.3 Å². The molecule has 0 aromatic heterocycles. The van der Waals surface area contributed by atoms with E-state index < -0.39 is 16.1 Å². The van der Waals surface area contributed by atoms with Crippen LogP contribution in [0.2, 0.25) is 0 Å². The van der Waals surface area contributed by atoms with E-state index >= 15 is 0 Å². The number of anilines is 2. The number of rotatable bonds is 5. The minimum absolute atomic E-state index is 0.0937. The zero-order chi connectivity index (χ0) is 13.1. The van der Waals surface area contributed by atoms with Crippen molar-refractivity contribution >= 4 is 21.4 Å². The summed E-state index contributed by atoms with van der Waals surface area (Å²) in [5.74, 6) is 0. The van der Waals surface area contributed by atoms with Crippen molar-refractivity contribution in [2.45, 2.75) is 10.9 Å². The number of sulfonamides is 1. The van der Waals surface area contributed by atoms with Gasteiger partial charge in [-0.05, 0) is 18.2 Å². The van der Waals surface area contributed by atoms with Gasteiger partial charge in [0, 0.05) is 0 Å². The lowest BCUT2D eigenvalue weighted by atomic mass is 10.2. The second-order valence-corrected chi connectivity index (χ2v) is 5.06. The number of hydrogen-bond acceptors (Lipinski definition) is 6. The molecule has 96 valence electrons. The molecule has 1 aromatic carbocycles. The summed E-state index contributed by atoms with van der Waals surface area (Å²) in [4.78, 5) is -0.0937. The molecular formula is C9H15N3O4S. The van der Waals surface area contributed by atoms with Crippen molar-refractivity contribution in [1.82, 2.24) is 0 Å². The van der Waals surface area contributed by atoms with Crippen LogP contribution in [0.4, 0.5) is 11.4 Å². The van der Waals surface area contributed by atoms with Gasteiger partial charge in [0.05, 0.1) is 35.5 Å². The molecule has 0 amide bonds. The summed E-state index contributed by atoms with van der Waals surface area (Å²) in [5, 5.41) is 25.5. The van der Waals surface area contributed by atoms with Gasteiger partial charge in [-0.1, -0.05) is 0 Å². The van der Waals surface area contributed by atoms with Gasteiger partial charge in [-0.2, -0.15) is 0 Å². The average molecular weight is 261 g/mol. The van der Waals surface area contributed by atoms with Crippen molar-refractivity contribution in [3.8, 4) is 0 Å². The van der Waals surface area contributed by atoms with Gasteiger partial charge in [0.1, 0.15) is 0 Å². The minimum atomic E-state index is -3.81. The molecule has 0 saturated heterocycles. The zero-order valence-corrected chi connectivity index (χ0v) is 9.81. The molecular weight excluding hydrogens is 246 g/mol. The van der Waals surface area contributed by atoms with Gasteiger partial charge in [-0.3, -0.25) is 0 Å². The lowest BCUT2D eigenvalue weighted by Gasteiger charge is -2.17. The van der Waals surface area contributed by atoms with Crippen molar-refractivity contribution in [2.24, 2.45) is 5.14 Å². The molecule has 0 aliphatic heterocycles. The summed E-state index contributed by atoms with van der Waals surface area (Å²) in [6, 6.07) is 3.30. The van der Waals surface area contributed by atoms with Crippen LogP contribution in [-0.2, 0) is 10.0 Å². The SMILES string of the molecule is Nc1ccc(S(N)(=O)=O)cc1NC(CO)CO. The lowest BCUT2D eigenvalue weighted by molar-refractivity contribution is 0.204. The number of benzene rings is 1. The van der Waals surface area contributed by atoms with E-state index in [9.17, 15) is 8.42 Å². The van der Waals surface area contributed by atoms with Crippen molar-refractivity contribution in [3.63, 3.8) is 0 Å². The molecule has 1 rings (SSSR count). The predicted molar refractivity (Wildman–Crippen MR) is 63.8 cm³/mol. The first-order valence-electron chi connectivity index (χ1n) is 4.79. The van der Waals surface area contributed by atoms with E-state index in [1.165, 1.54) is 18.2 Å². The summed E-state index contributed by atoms with van der Waals surface area (Å²) in [5.41, 5.74) is 6.22. The maximum atomic E-state index is 11.1. The third-order valence-corrected chi connectivity index (χ3v) is 3.06. The molecule has 0 saturated carbocycles. The lowest BCUT2D eigenvalue weighted by Crippen LogP contribution is -2.28.